The summed E-state index contributed by atoms with van der Waals surface area (Å²) in [6, 6.07) is -0.901. The van der Waals surface area contributed by atoms with Crippen LogP contribution in [-0.2, 0) is 14.6 Å². The first-order chi connectivity index (χ1) is 18.4. The molecule has 8 nitrogen and oxygen atoms in total. The number of fused-ring (bicyclic) bond motifs is 3. The molecule has 1 spiro atoms. The lowest BCUT2D eigenvalue weighted by atomic mass is 9.78. The maximum Gasteiger partial charge on any atom is 0.409 e. The van der Waals surface area contributed by atoms with Crippen LogP contribution in [0.25, 0.3) is 0 Å². The zero-order valence-corrected chi connectivity index (χ0v) is 24.1. The minimum absolute atomic E-state index is 0.0298. The number of hydrogen-bond acceptors (Lipinski definition) is 7. The number of nitrogens with one attached hydrogen (secondary N) is 2. The van der Waals surface area contributed by atoms with Gasteiger partial charge in [0, 0.05) is 44.1 Å². The lowest BCUT2D eigenvalue weighted by Crippen LogP contribution is -2.70. The van der Waals surface area contributed by atoms with Crippen molar-refractivity contribution in [2.24, 2.45) is 17.3 Å². The van der Waals surface area contributed by atoms with E-state index in [-0.39, 0.29) is 29.2 Å². The van der Waals surface area contributed by atoms with Gasteiger partial charge >= 0.3 is 6.18 Å². The van der Waals surface area contributed by atoms with E-state index in [1.807, 2.05) is 0 Å². The molecule has 6 atom stereocenters. The van der Waals surface area contributed by atoms with Crippen molar-refractivity contribution in [2.45, 2.75) is 106 Å². The van der Waals surface area contributed by atoms with Crippen molar-refractivity contribution >= 4 is 27.3 Å². The Hall–Kier alpha value is -0.660. The smallest absolute Gasteiger partial charge is 0.333 e. The van der Waals surface area contributed by atoms with Crippen LogP contribution in [0.2, 0.25) is 0 Å². The van der Waals surface area contributed by atoms with Crippen molar-refractivity contribution < 1.29 is 26.4 Å². The molecule has 4 aliphatic heterocycles. The fourth-order valence-corrected chi connectivity index (χ4v) is 10.5. The van der Waals surface area contributed by atoms with E-state index in [1.165, 1.54) is 7.05 Å². The number of carbonyl (C=O) groups is 1. The Kier molecular flexibility index (Phi) is 7.48. The number of halogens is 4. The molecular formula is C26H41ClF3N5O3S. The number of rotatable bonds is 4. The Bertz CT molecular complexity index is 1040. The maximum absolute atomic E-state index is 14.4. The Balaban J connectivity index is 1.09. The summed E-state index contributed by atoms with van der Waals surface area (Å²) in [6.07, 6.45) is 2.27. The highest BCUT2D eigenvalue weighted by Crippen LogP contribution is 2.60. The van der Waals surface area contributed by atoms with Gasteiger partial charge in [0.05, 0.1) is 23.2 Å². The van der Waals surface area contributed by atoms with Crippen molar-refractivity contribution in [3.8, 4) is 0 Å². The number of nitrogens with zero attached hydrogens (tertiary/aromatic N) is 3. The molecule has 0 bridgehead atoms. The summed E-state index contributed by atoms with van der Waals surface area (Å²) in [4.78, 5) is 16.8. The highest BCUT2D eigenvalue weighted by molar-refractivity contribution is 7.91. The SMILES string of the molecule is CN(C(=O)[C@@H]1CC12CCS(=O)(=O)CC2)[C@@H](C1CCC(N2CCCC3C2CNC2CC(Cl)NN23)CC1)C(F)(F)F. The van der Waals surface area contributed by atoms with E-state index < -0.39 is 45.2 Å². The fraction of sp³-hybridized carbons (Fsp3) is 0.962. The van der Waals surface area contributed by atoms with Gasteiger partial charge in [0.25, 0.3) is 0 Å². The van der Waals surface area contributed by atoms with Crippen LogP contribution in [0.15, 0.2) is 0 Å². The molecule has 4 heterocycles. The Morgan fingerprint density at radius 2 is 1.79 bits per heavy atom. The van der Waals surface area contributed by atoms with Crippen LogP contribution in [-0.4, -0.2) is 103 Å². The highest BCUT2D eigenvalue weighted by atomic mass is 35.5. The quantitative estimate of drug-likeness (QED) is 0.382. The van der Waals surface area contributed by atoms with Gasteiger partial charge in [-0.15, -0.1) is 11.6 Å². The lowest BCUT2D eigenvalue weighted by molar-refractivity contribution is -0.202. The Morgan fingerprint density at radius 1 is 1.10 bits per heavy atom. The molecule has 2 N–H and O–H groups in total. The molecule has 222 valence electrons. The van der Waals surface area contributed by atoms with E-state index in [2.05, 4.69) is 20.7 Å². The number of carbonyl (C=O) groups excluding carboxylic acids is 1. The Labute approximate surface area is 234 Å². The van der Waals surface area contributed by atoms with Gasteiger partial charge in [-0.2, -0.15) is 13.2 Å². The van der Waals surface area contributed by atoms with Crippen LogP contribution < -0.4 is 10.7 Å². The summed E-state index contributed by atoms with van der Waals surface area (Å²) in [5.74, 6) is -1.51. The van der Waals surface area contributed by atoms with Gasteiger partial charge < -0.3 is 4.90 Å². The number of sulfone groups is 1. The van der Waals surface area contributed by atoms with Crippen LogP contribution in [0, 0.1) is 17.3 Å². The first-order valence-electron chi connectivity index (χ1n) is 14.6. The third-order valence-electron chi connectivity index (χ3n) is 10.8. The third-order valence-corrected chi connectivity index (χ3v) is 12.8. The molecule has 6 rings (SSSR count). The zero-order valence-electron chi connectivity index (χ0n) is 22.5. The molecule has 4 saturated heterocycles. The van der Waals surface area contributed by atoms with Crippen LogP contribution >= 0.6 is 11.6 Å². The van der Waals surface area contributed by atoms with Gasteiger partial charge in [0.1, 0.15) is 15.9 Å². The van der Waals surface area contributed by atoms with Gasteiger partial charge in [-0.25, -0.2) is 18.9 Å². The molecular weight excluding hydrogens is 555 g/mol. The van der Waals surface area contributed by atoms with Gasteiger partial charge in [-0.1, -0.05) is 0 Å². The normalized spacial score (nSPS) is 41.0. The minimum Gasteiger partial charge on any atom is -0.333 e. The van der Waals surface area contributed by atoms with E-state index in [4.69, 9.17) is 11.6 Å². The summed E-state index contributed by atoms with van der Waals surface area (Å²) in [5.41, 5.74) is 2.90. The monoisotopic (exact) mass is 595 g/mol. The fourth-order valence-electron chi connectivity index (χ4n) is 8.60. The molecule has 0 radical (unpaired) electrons. The van der Waals surface area contributed by atoms with Gasteiger partial charge in [0.2, 0.25) is 5.91 Å². The number of hydrogen-bond donors (Lipinski definition) is 2. The molecule has 39 heavy (non-hydrogen) atoms. The average molecular weight is 596 g/mol. The zero-order chi connectivity index (χ0) is 27.7. The molecule has 0 aromatic rings. The van der Waals surface area contributed by atoms with Crippen LogP contribution in [0.3, 0.4) is 0 Å². The van der Waals surface area contributed by atoms with Crippen molar-refractivity contribution in [1.29, 1.82) is 0 Å². The van der Waals surface area contributed by atoms with Crippen molar-refractivity contribution in [1.82, 2.24) is 25.6 Å². The molecule has 0 aromatic heterocycles. The molecule has 6 fully saturated rings. The van der Waals surface area contributed by atoms with Crippen molar-refractivity contribution in [2.75, 3.05) is 31.6 Å². The van der Waals surface area contributed by atoms with Gasteiger partial charge in [-0.3, -0.25) is 15.0 Å². The lowest BCUT2D eigenvalue weighted by Gasteiger charge is -2.53. The van der Waals surface area contributed by atoms with Gasteiger partial charge in [-0.05, 0) is 75.7 Å². The first kappa shape index (κ1) is 28.5. The highest BCUT2D eigenvalue weighted by Gasteiger charge is 2.62. The molecule has 1 amide bonds. The van der Waals surface area contributed by atoms with E-state index in [9.17, 15) is 26.4 Å². The second-order valence-electron chi connectivity index (χ2n) is 13.0. The number of alkyl halides is 4. The number of piperidine rings is 1. The summed E-state index contributed by atoms with van der Waals surface area (Å²) in [5, 5.41) is 5.88. The van der Waals surface area contributed by atoms with E-state index in [0.29, 0.717) is 57.0 Å². The third kappa shape index (κ3) is 5.35. The number of likely N-dealkylation sites (tertiary alicyclic amines) is 1. The molecule has 2 saturated carbocycles. The van der Waals surface area contributed by atoms with E-state index >= 15 is 0 Å². The number of hydrazine groups is 1. The maximum atomic E-state index is 14.4. The second kappa shape index (κ2) is 10.3. The largest absolute Gasteiger partial charge is 0.409 e. The van der Waals surface area contributed by atoms with Crippen molar-refractivity contribution in [3.63, 3.8) is 0 Å². The van der Waals surface area contributed by atoms with E-state index in [0.717, 1.165) is 37.3 Å². The standard InChI is InChI=1S/C26H41ClF3N5O3S/c1-33(24(36)18-14-25(18)8-11-39(37,38)12-9-25)23(26(28,29)30)16-4-6-17(7-5-16)34-10-2-3-19-20(34)15-31-22-13-21(27)32-35(19)22/h16-23,31-32H,2-15H2,1H3/t16?,17?,18-,19?,20?,21?,22?,23-/m0/s1. The second-order valence-corrected chi connectivity index (χ2v) is 15.8. The summed E-state index contributed by atoms with van der Waals surface area (Å²) in [6.45, 7) is 1.82. The van der Waals surface area contributed by atoms with Crippen LogP contribution in [0.5, 0.6) is 0 Å². The van der Waals surface area contributed by atoms with Gasteiger partial charge in [0.15, 0.2) is 0 Å². The molecule has 2 aliphatic carbocycles. The minimum atomic E-state index is -4.50. The van der Waals surface area contributed by atoms with E-state index in [1.54, 1.807) is 0 Å². The summed E-state index contributed by atoms with van der Waals surface area (Å²) < 4.78 is 67.0. The predicted molar refractivity (Wildman–Crippen MR) is 141 cm³/mol. The summed E-state index contributed by atoms with van der Waals surface area (Å²) in [7, 11) is -1.78. The molecule has 0 aromatic carbocycles. The molecule has 13 heteroatoms. The van der Waals surface area contributed by atoms with Crippen molar-refractivity contribution in [3.05, 3.63) is 0 Å². The topological polar surface area (TPSA) is 85.0 Å². The number of amides is 1. The van der Waals surface area contributed by atoms with Crippen LogP contribution in [0.4, 0.5) is 13.2 Å². The molecule has 4 unspecified atom stereocenters. The molecule has 6 aliphatic rings. The summed E-state index contributed by atoms with van der Waals surface area (Å²) >= 11 is 6.36. The predicted octanol–water partition coefficient (Wildman–Crippen LogP) is 2.69. The van der Waals surface area contributed by atoms with Crippen LogP contribution in [0.1, 0.15) is 64.2 Å². The first-order valence-corrected chi connectivity index (χ1v) is 16.9. The Morgan fingerprint density at radius 3 is 2.46 bits per heavy atom. The average Bonchev–Trinajstić information content (AvgIpc) is 3.46.